The molecule has 102 valence electrons. The van der Waals surface area contributed by atoms with Crippen LogP contribution in [0.15, 0.2) is 23.8 Å². The average molecular weight is 252 g/mol. The Labute approximate surface area is 109 Å². The highest BCUT2D eigenvalue weighted by atomic mass is 16.3. The van der Waals surface area contributed by atoms with Crippen LogP contribution in [0.2, 0.25) is 0 Å². The number of carbonyl (C=O) groups excluding carboxylic acids is 1. The molecule has 1 aliphatic carbocycles. The van der Waals surface area contributed by atoms with Crippen molar-refractivity contribution in [3.8, 4) is 0 Å². The third-order valence-corrected chi connectivity index (χ3v) is 3.78. The molecule has 0 aromatic heterocycles. The molecule has 3 heteroatoms. The predicted octanol–water partition coefficient (Wildman–Crippen LogP) is 2.38. The lowest BCUT2D eigenvalue weighted by atomic mass is 9.80. The van der Waals surface area contributed by atoms with Crippen molar-refractivity contribution in [2.45, 2.75) is 57.7 Å². The summed E-state index contributed by atoms with van der Waals surface area (Å²) in [5.74, 6) is -0.0364. The molecule has 3 nitrogen and oxygen atoms in total. The fourth-order valence-electron chi connectivity index (χ4n) is 2.36. The summed E-state index contributed by atoms with van der Waals surface area (Å²) < 4.78 is 0. The molecule has 1 unspecified atom stereocenters. The number of aliphatic hydroxyl groups excluding tert-OH is 1. The molecule has 0 fully saturated rings. The van der Waals surface area contributed by atoms with Crippen molar-refractivity contribution < 1.29 is 15.0 Å². The van der Waals surface area contributed by atoms with Crippen LogP contribution in [-0.4, -0.2) is 28.2 Å². The van der Waals surface area contributed by atoms with Crippen molar-refractivity contribution in [1.82, 2.24) is 0 Å². The van der Waals surface area contributed by atoms with E-state index >= 15 is 0 Å². The SMILES string of the molecule is C=C1CCC=C(C=O)CC[C@H](C(C)(C)O)CC1O. The van der Waals surface area contributed by atoms with Gasteiger partial charge in [0.1, 0.15) is 6.29 Å². The summed E-state index contributed by atoms with van der Waals surface area (Å²) in [6, 6.07) is 0. The molecule has 2 atom stereocenters. The zero-order valence-electron chi connectivity index (χ0n) is 11.4. The average Bonchev–Trinajstić information content (AvgIpc) is 2.29. The van der Waals surface area contributed by atoms with Crippen LogP contribution in [0.1, 0.15) is 46.0 Å². The third-order valence-electron chi connectivity index (χ3n) is 3.78. The summed E-state index contributed by atoms with van der Waals surface area (Å²) in [4.78, 5) is 10.9. The lowest BCUT2D eigenvalue weighted by molar-refractivity contribution is -0.105. The summed E-state index contributed by atoms with van der Waals surface area (Å²) in [5, 5.41) is 20.2. The van der Waals surface area contributed by atoms with Crippen molar-refractivity contribution >= 4 is 6.29 Å². The van der Waals surface area contributed by atoms with E-state index in [9.17, 15) is 15.0 Å². The van der Waals surface area contributed by atoms with E-state index in [4.69, 9.17) is 0 Å². The normalized spacial score (nSPS) is 27.6. The molecule has 0 spiro atoms. The van der Waals surface area contributed by atoms with Crippen LogP contribution in [0, 0.1) is 5.92 Å². The van der Waals surface area contributed by atoms with E-state index in [-0.39, 0.29) is 5.92 Å². The molecule has 0 bridgehead atoms. The zero-order chi connectivity index (χ0) is 13.8. The highest BCUT2D eigenvalue weighted by Gasteiger charge is 2.29. The molecule has 2 N–H and O–H groups in total. The van der Waals surface area contributed by atoms with Gasteiger partial charge in [0.15, 0.2) is 0 Å². The molecular weight excluding hydrogens is 228 g/mol. The lowest BCUT2D eigenvalue weighted by Crippen LogP contribution is -2.34. The van der Waals surface area contributed by atoms with Crippen LogP contribution in [0.4, 0.5) is 0 Å². The van der Waals surface area contributed by atoms with Crippen LogP contribution >= 0.6 is 0 Å². The fourth-order valence-corrected chi connectivity index (χ4v) is 2.36. The number of carbonyl (C=O) groups is 1. The van der Waals surface area contributed by atoms with Gasteiger partial charge in [0.2, 0.25) is 0 Å². The number of aliphatic hydroxyl groups is 2. The molecule has 0 saturated heterocycles. The summed E-state index contributed by atoms with van der Waals surface area (Å²) in [6.45, 7) is 7.39. The van der Waals surface area contributed by atoms with E-state index < -0.39 is 11.7 Å². The van der Waals surface area contributed by atoms with Crippen molar-refractivity contribution in [3.63, 3.8) is 0 Å². The van der Waals surface area contributed by atoms with Crippen LogP contribution in [-0.2, 0) is 4.79 Å². The van der Waals surface area contributed by atoms with Gasteiger partial charge in [-0.2, -0.15) is 0 Å². The van der Waals surface area contributed by atoms with Gasteiger partial charge in [-0.15, -0.1) is 0 Å². The maximum atomic E-state index is 10.9. The Morgan fingerprint density at radius 1 is 1.44 bits per heavy atom. The number of allylic oxidation sites excluding steroid dienone is 2. The standard InChI is InChI=1S/C15H24O3/c1-11-5-4-6-12(10-16)7-8-13(9-14(11)17)15(2,3)18/h6,10,13-14,17-18H,1,4-5,7-9H2,2-3H3/t13-,14?/m0/s1. The first-order valence-corrected chi connectivity index (χ1v) is 6.57. The lowest BCUT2D eigenvalue weighted by Gasteiger charge is -2.32. The zero-order valence-corrected chi connectivity index (χ0v) is 11.4. The van der Waals surface area contributed by atoms with E-state index in [1.54, 1.807) is 13.8 Å². The van der Waals surface area contributed by atoms with E-state index in [2.05, 4.69) is 6.58 Å². The molecule has 18 heavy (non-hydrogen) atoms. The second kappa shape index (κ2) is 6.30. The molecule has 0 aliphatic heterocycles. The number of rotatable bonds is 2. The Balaban J connectivity index is 2.87. The van der Waals surface area contributed by atoms with Gasteiger partial charge in [-0.25, -0.2) is 0 Å². The Bertz CT molecular complexity index is 336. The maximum Gasteiger partial charge on any atom is 0.145 e. The molecule has 1 rings (SSSR count). The minimum Gasteiger partial charge on any atom is -0.390 e. The fraction of sp³-hybridized carbons (Fsp3) is 0.667. The number of aldehydes is 1. The Morgan fingerprint density at radius 3 is 2.67 bits per heavy atom. The monoisotopic (exact) mass is 252 g/mol. The molecule has 0 heterocycles. The van der Waals surface area contributed by atoms with E-state index in [1.807, 2.05) is 6.08 Å². The van der Waals surface area contributed by atoms with Crippen LogP contribution in [0.3, 0.4) is 0 Å². The van der Waals surface area contributed by atoms with Gasteiger partial charge in [-0.05, 0) is 63.0 Å². The van der Waals surface area contributed by atoms with Crippen LogP contribution in [0.5, 0.6) is 0 Å². The molecule has 0 amide bonds. The first kappa shape index (κ1) is 15.1. The van der Waals surface area contributed by atoms with E-state index in [1.165, 1.54) is 0 Å². The van der Waals surface area contributed by atoms with Gasteiger partial charge >= 0.3 is 0 Å². The smallest absolute Gasteiger partial charge is 0.145 e. The summed E-state index contributed by atoms with van der Waals surface area (Å²) >= 11 is 0. The van der Waals surface area contributed by atoms with Gasteiger partial charge in [-0.1, -0.05) is 12.7 Å². The summed E-state index contributed by atoms with van der Waals surface area (Å²) in [6.07, 6.45) is 5.56. The number of hydrogen-bond acceptors (Lipinski definition) is 3. The topological polar surface area (TPSA) is 57.5 Å². The van der Waals surface area contributed by atoms with Gasteiger partial charge < -0.3 is 10.2 Å². The minimum absolute atomic E-state index is 0.0364. The largest absolute Gasteiger partial charge is 0.390 e. The van der Waals surface area contributed by atoms with Gasteiger partial charge in [0.05, 0.1) is 11.7 Å². The van der Waals surface area contributed by atoms with Crippen LogP contribution < -0.4 is 0 Å². The number of hydrogen-bond donors (Lipinski definition) is 2. The Morgan fingerprint density at radius 2 is 2.11 bits per heavy atom. The molecule has 0 radical (unpaired) electrons. The highest BCUT2D eigenvalue weighted by molar-refractivity contribution is 5.72. The van der Waals surface area contributed by atoms with Crippen molar-refractivity contribution in [3.05, 3.63) is 23.8 Å². The maximum absolute atomic E-state index is 10.9. The Kier molecular flexibility index (Phi) is 5.29. The molecular formula is C15H24O3. The van der Waals surface area contributed by atoms with Gasteiger partial charge in [0, 0.05) is 0 Å². The summed E-state index contributed by atoms with van der Waals surface area (Å²) in [5.41, 5.74) is 0.718. The molecule has 0 saturated carbocycles. The van der Waals surface area contributed by atoms with Crippen molar-refractivity contribution in [1.29, 1.82) is 0 Å². The molecule has 1 aliphatic rings. The second-order valence-electron chi connectivity index (χ2n) is 5.73. The van der Waals surface area contributed by atoms with Gasteiger partial charge in [0.25, 0.3) is 0 Å². The van der Waals surface area contributed by atoms with Crippen molar-refractivity contribution in [2.24, 2.45) is 5.92 Å². The second-order valence-corrected chi connectivity index (χ2v) is 5.73. The predicted molar refractivity (Wildman–Crippen MR) is 72.2 cm³/mol. The van der Waals surface area contributed by atoms with Crippen molar-refractivity contribution in [2.75, 3.05) is 0 Å². The molecule has 0 aromatic carbocycles. The minimum atomic E-state index is -0.853. The highest BCUT2D eigenvalue weighted by Crippen LogP contribution is 2.31. The van der Waals surface area contributed by atoms with E-state index in [0.717, 1.165) is 23.9 Å². The first-order chi connectivity index (χ1) is 8.34. The third kappa shape index (κ3) is 4.39. The molecule has 0 aromatic rings. The Hall–Kier alpha value is -0.930. The first-order valence-electron chi connectivity index (χ1n) is 6.57. The van der Waals surface area contributed by atoms with Crippen LogP contribution in [0.25, 0.3) is 0 Å². The summed E-state index contributed by atoms with van der Waals surface area (Å²) in [7, 11) is 0. The van der Waals surface area contributed by atoms with E-state index in [0.29, 0.717) is 25.7 Å². The van der Waals surface area contributed by atoms with Gasteiger partial charge in [-0.3, -0.25) is 4.79 Å². The quantitative estimate of drug-likeness (QED) is 0.586.